The summed E-state index contributed by atoms with van der Waals surface area (Å²) >= 11 is 0. The van der Waals surface area contributed by atoms with Crippen LogP contribution >= 0.6 is 0 Å². The monoisotopic (exact) mass is 370 g/mol. The SMILES string of the molecule is CO[C@@H]1CCCC1N(C)Cc1cc(C(F)(F)F)c2oc(C(C)C)nc2c1. The van der Waals surface area contributed by atoms with Crippen LogP contribution in [0.4, 0.5) is 13.2 Å². The van der Waals surface area contributed by atoms with E-state index in [-0.39, 0.29) is 29.2 Å². The Morgan fingerprint density at radius 2 is 2.04 bits per heavy atom. The number of fused-ring (bicyclic) bond motifs is 1. The molecule has 7 heteroatoms. The lowest BCUT2D eigenvalue weighted by molar-refractivity contribution is -0.136. The maximum absolute atomic E-state index is 13.5. The predicted molar refractivity (Wildman–Crippen MR) is 93.0 cm³/mol. The van der Waals surface area contributed by atoms with E-state index in [1.165, 1.54) is 6.07 Å². The van der Waals surface area contributed by atoms with E-state index >= 15 is 0 Å². The van der Waals surface area contributed by atoms with Crippen LogP contribution in [0.2, 0.25) is 0 Å². The van der Waals surface area contributed by atoms with Crippen LogP contribution in [0.3, 0.4) is 0 Å². The summed E-state index contributed by atoms with van der Waals surface area (Å²) in [7, 11) is 3.62. The van der Waals surface area contributed by atoms with E-state index in [1.807, 2.05) is 20.9 Å². The number of nitrogens with zero attached hydrogens (tertiary/aromatic N) is 2. The van der Waals surface area contributed by atoms with Crippen molar-refractivity contribution in [2.75, 3.05) is 14.2 Å². The van der Waals surface area contributed by atoms with Gasteiger partial charge in [-0.1, -0.05) is 13.8 Å². The number of benzene rings is 1. The lowest BCUT2D eigenvalue weighted by Crippen LogP contribution is -2.38. The smallest absolute Gasteiger partial charge is 0.420 e. The van der Waals surface area contributed by atoms with Gasteiger partial charge in [0.15, 0.2) is 11.5 Å². The van der Waals surface area contributed by atoms with Crippen LogP contribution < -0.4 is 0 Å². The second-order valence-electron chi connectivity index (χ2n) is 7.38. The summed E-state index contributed by atoms with van der Waals surface area (Å²) in [6, 6.07) is 3.10. The highest BCUT2D eigenvalue weighted by molar-refractivity contribution is 5.78. The number of alkyl halides is 3. The molecule has 1 aliphatic carbocycles. The minimum absolute atomic E-state index is 0.0736. The Hall–Kier alpha value is -1.60. The van der Waals surface area contributed by atoms with Gasteiger partial charge in [-0.25, -0.2) is 4.98 Å². The van der Waals surface area contributed by atoms with Crippen molar-refractivity contribution in [2.24, 2.45) is 0 Å². The van der Waals surface area contributed by atoms with Gasteiger partial charge < -0.3 is 9.15 Å². The molecule has 3 rings (SSSR count). The van der Waals surface area contributed by atoms with Crippen molar-refractivity contribution in [2.45, 2.75) is 63.9 Å². The predicted octanol–water partition coefficient (Wildman–Crippen LogP) is 4.97. The second-order valence-corrected chi connectivity index (χ2v) is 7.38. The first-order valence-corrected chi connectivity index (χ1v) is 8.94. The third kappa shape index (κ3) is 3.74. The van der Waals surface area contributed by atoms with Gasteiger partial charge >= 0.3 is 6.18 Å². The van der Waals surface area contributed by atoms with Gasteiger partial charge in [-0.05, 0) is 44.0 Å². The van der Waals surface area contributed by atoms with Crippen molar-refractivity contribution >= 4 is 11.1 Å². The Bertz CT molecular complexity index is 770. The number of rotatable bonds is 5. The second kappa shape index (κ2) is 7.19. The van der Waals surface area contributed by atoms with Crippen molar-refractivity contribution in [3.05, 3.63) is 29.2 Å². The first-order valence-electron chi connectivity index (χ1n) is 8.94. The molecule has 0 radical (unpaired) electrons. The quantitative estimate of drug-likeness (QED) is 0.745. The summed E-state index contributed by atoms with van der Waals surface area (Å²) in [5.74, 6) is 0.252. The molecule has 1 saturated carbocycles. The molecule has 26 heavy (non-hydrogen) atoms. The molecule has 0 saturated heterocycles. The fourth-order valence-electron chi connectivity index (χ4n) is 3.75. The van der Waals surface area contributed by atoms with E-state index in [4.69, 9.17) is 9.15 Å². The molecule has 1 unspecified atom stereocenters. The van der Waals surface area contributed by atoms with Gasteiger partial charge in [0, 0.05) is 25.6 Å². The standard InChI is InChI=1S/C19H25F3N2O2/c1-11(2)18-23-14-9-12(8-13(17(14)26-18)19(20,21)22)10-24(3)15-6-5-7-16(15)25-4/h8-9,11,15-16H,5-7,10H2,1-4H3/t15?,16-/m1/s1. The molecule has 4 nitrogen and oxygen atoms in total. The Morgan fingerprint density at radius 3 is 2.65 bits per heavy atom. The zero-order chi connectivity index (χ0) is 19.1. The lowest BCUT2D eigenvalue weighted by Gasteiger charge is -2.29. The van der Waals surface area contributed by atoms with Crippen LogP contribution in [0.15, 0.2) is 16.5 Å². The molecule has 1 aromatic heterocycles. The molecule has 2 atom stereocenters. The van der Waals surface area contributed by atoms with Crippen LogP contribution in [-0.2, 0) is 17.5 Å². The molecule has 0 spiro atoms. The lowest BCUT2D eigenvalue weighted by atomic mass is 10.1. The Balaban J connectivity index is 1.95. The summed E-state index contributed by atoms with van der Waals surface area (Å²) < 4.78 is 51.6. The molecule has 144 valence electrons. The number of likely N-dealkylation sites (N-methyl/N-ethyl adjacent to an activating group) is 1. The van der Waals surface area contributed by atoms with Gasteiger partial charge in [-0.3, -0.25) is 4.90 Å². The molecular weight excluding hydrogens is 345 g/mol. The molecule has 1 aromatic carbocycles. The van der Waals surface area contributed by atoms with Gasteiger partial charge in [0.25, 0.3) is 0 Å². The normalized spacial score (nSPS) is 21.4. The van der Waals surface area contributed by atoms with Crippen molar-refractivity contribution in [1.82, 2.24) is 9.88 Å². The highest BCUT2D eigenvalue weighted by atomic mass is 19.4. The highest BCUT2D eigenvalue weighted by Gasteiger charge is 2.36. The third-order valence-corrected chi connectivity index (χ3v) is 5.08. The number of aromatic nitrogens is 1. The summed E-state index contributed by atoms with van der Waals surface area (Å²) in [4.78, 5) is 6.35. The molecule has 0 aliphatic heterocycles. The molecular formula is C19H25F3N2O2. The molecule has 0 amide bonds. The van der Waals surface area contributed by atoms with E-state index < -0.39 is 11.7 Å². The number of halogens is 3. The van der Waals surface area contributed by atoms with Crippen LogP contribution in [0.25, 0.3) is 11.1 Å². The van der Waals surface area contributed by atoms with Crippen LogP contribution in [0.1, 0.15) is 56.0 Å². The van der Waals surface area contributed by atoms with Crippen LogP contribution in [0, 0.1) is 0 Å². The molecule has 1 heterocycles. The fourth-order valence-corrected chi connectivity index (χ4v) is 3.75. The highest BCUT2D eigenvalue weighted by Crippen LogP contribution is 2.37. The van der Waals surface area contributed by atoms with Crippen molar-refractivity contribution in [3.8, 4) is 0 Å². The zero-order valence-electron chi connectivity index (χ0n) is 15.6. The Labute approximate surface area is 151 Å². The van der Waals surface area contributed by atoms with Gasteiger partial charge in [-0.15, -0.1) is 0 Å². The number of hydrogen-bond donors (Lipinski definition) is 0. The van der Waals surface area contributed by atoms with E-state index in [0.29, 0.717) is 18.0 Å². The third-order valence-electron chi connectivity index (χ3n) is 5.08. The molecule has 2 aromatic rings. The average Bonchev–Trinajstić information content (AvgIpc) is 3.19. The first kappa shape index (κ1) is 19.2. The largest absolute Gasteiger partial charge is 0.440 e. The number of ether oxygens (including phenoxy) is 1. The van der Waals surface area contributed by atoms with Gasteiger partial charge in [0.05, 0.1) is 6.10 Å². The number of methoxy groups -OCH3 is 1. The first-order chi connectivity index (χ1) is 12.2. The minimum Gasteiger partial charge on any atom is -0.440 e. The van der Waals surface area contributed by atoms with E-state index in [0.717, 1.165) is 19.3 Å². The Kier molecular flexibility index (Phi) is 5.30. The van der Waals surface area contributed by atoms with Crippen molar-refractivity contribution in [1.29, 1.82) is 0 Å². The fraction of sp³-hybridized carbons (Fsp3) is 0.632. The number of hydrogen-bond acceptors (Lipinski definition) is 4. The Morgan fingerprint density at radius 1 is 1.31 bits per heavy atom. The molecule has 0 N–H and O–H groups in total. The maximum Gasteiger partial charge on any atom is 0.420 e. The van der Waals surface area contributed by atoms with E-state index in [2.05, 4.69) is 9.88 Å². The van der Waals surface area contributed by atoms with Gasteiger partial charge in [-0.2, -0.15) is 13.2 Å². The maximum atomic E-state index is 13.5. The topological polar surface area (TPSA) is 38.5 Å². The van der Waals surface area contributed by atoms with Crippen LogP contribution in [0.5, 0.6) is 0 Å². The average molecular weight is 370 g/mol. The zero-order valence-corrected chi connectivity index (χ0v) is 15.6. The van der Waals surface area contributed by atoms with Gasteiger partial charge in [0.2, 0.25) is 0 Å². The van der Waals surface area contributed by atoms with E-state index in [9.17, 15) is 13.2 Å². The van der Waals surface area contributed by atoms with Crippen LogP contribution in [-0.4, -0.2) is 36.2 Å². The summed E-state index contributed by atoms with van der Waals surface area (Å²) in [5, 5.41) is 0. The van der Waals surface area contributed by atoms with Gasteiger partial charge in [0.1, 0.15) is 11.1 Å². The minimum atomic E-state index is -4.48. The van der Waals surface area contributed by atoms with E-state index in [1.54, 1.807) is 13.2 Å². The molecule has 1 aliphatic rings. The summed E-state index contributed by atoms with van der Waals surface area (Å²) in [6.07, 6.45) is -1.31. The molecule has 0 bridgehead atoms. The van der Waals surface area contributed by atoms with Crippen molar-refractivity contribution < 1.29 is 22.3 Å². The van der Waals surface area contributed by atoms with Crippen molar-refractivity contribution in [3.63, 3.8) is 0 Å². The summed E-state index contributed by atoms with van der Waals surface area (Å²) in [5.41, 5.74) is -0.0879. The summed E-state index contributed by atoms with van der Waals surface area (Å²) in [6.45, 7) is 4.10. The molecule has 1 fully saturated rings. The number of oxazole rings is 1.